The normalized spacial score (nSPS) is 10.6. The fourth-order valence-electron chi connectivity index (χ4n) is 4.38. The van der Waals surface area contributed by atoms with E-state index in [1.165, 1.54) is 22.1 Å². The van der Waals surface area contributed by atoms with Crippen LogP contribution in [0.2, 0.25) is 0 Å². The number of nitrogens with zero attached hydrogens (tertiary/aromatic N) is 2. The van der Waals surface area contributed by atoms with Crippen molar-refractivity contribution < 1.29 is 23.5 Å². The van der Waals surface area contributed by atoms with E-state index in [0.29, 0.717) is 27.8 Å². The Kier molecular flexibility index (Phi) is 9.89. The Morgan fingerprint density at radius 2 is 1.71 bits per heavy atom. The molecular formula is C33H33N3O6. The smallest absolute Gasteiger partial charge is 0.338 e. The maximum atomic E-state index is 13.7. The van der Waals surface area contributed by atoms with Gasteiger partial charge in [-0.1, -0.05) is 48.0 Å². The summed E-state index contributed by atoms with van der Waals surface area (Å²) >= 11 is 0. The van der Waals surface area contributed by atoms with Crippen LogP contribution in [-0.2, 0) is 22.6 Å². The molecule has 0 radical (unpaired) electrons. The zero-order valence-corrected chi connectivity index (χ0v) is 23.7. The molecule has 4 rings (SSSR count). The molecular weight excluding hydrogens is 534 g/mol. The summed E-state index contributed by atoms with van der Waals surface area (Å²) in [6.07, 6.45) is 2.91. The number of rotatable bonds is 11. The van der Waals surface area contributed by atoms with Crippen LogP contribution in [0.15, 0.2) is 101 Å². The first-order chi connectivity index (χ1) is 20.3. The molecule has 0 saturated heterocycles. The Labute approximate surface area is 244 Å². The number of carbonyl (C=O) groups excluding carboxylic acids is 3. The molecule has 4 aromatic rings. The highest BCUT2D eigenvalue weighted by atomic mass is 16.5. The van der Waals surface area contributed by atoms with Gasteiger partial charge in [-0.2, -0.15) is 0 Å². The van der Waals surface area contributed by atoms with E-state index in [0.717, 1.165) is 11.1 Å². The minimum atomic E-state index is -0.521. The van der Waals surface area contributed by atoms with Gasteiger partial charge in [0.25, 0.3) is 0 Å². The third kappa shape index (κ3) is 7.51. The zero-order valence-electron chi connectivity index (χ0n) is 23.7. The van der Waals surface area contributed by atoms with Gasteiger partial charge in [0, 0.05) is 18.8 Å². The van der Waals surface area contributed by atoms with Crippen LogP contribution in [0.3, 0.4) is 0 Å². The topological polar surface area (TPSA) is 109 Å². The summed E-state index contributed by atoms with van der Waals surface area (Å²) in [5.74, 6) is -0.819. The highest BCUT2D eigenvalue weighted by Crippen LogP contribution is 2.17. The van der Waals surface area contributed by atoms with Gasteiger partial charge in [-0.05, 0) is 55.8 Å². The number of nitrogens with one attached hydrogen (secondary N) is 1. The van der Waals surface area contributed by atoms with E-state index < -0.39 is 12.0 Å². The molecule has 0 aliphatic heterocycles. The molecule has 0 aliphatic rings. The molecule has 0 aliphatic carbocycles. The Morgan fingerprint density at radius 3 is 2.40 bits per heavy atom. The second kappa shape index (κ2) is 13.9. The molecule has 0 spiro atoms. The maximum Gasteiger partial charge on any atom is 0.338 e. The molecule has 9 nitrogen and oxygen atoms in total. The Hall–Kier alpha value is -5.18. The number of fused-ring (bicyclic) bond motifs is 1. The standard InChI is InChI=1S/C33H33N3O6/c1-4-17-35(33(40)34-27-14-12-25(13-15-27)32(39)41-5-2)21-30(37)36(19-24-9-7-6-8-10-24)20-26-22-42-29-16-11-23(3)18-28(29)31(26)38/h4,6-16,18,22H,1,5,17,19-21H2,2-3H3,(H,34,40). The van der Waals surface area contributed by atoms with E-state index in [1.807, 2.05) is 43.3 Å². The number of hydrogen-bond donors (Lipinski definition) is 1. The summed E-state index contributed by atoms with van der Waals surface area (Å²) < 4.78 is 10.7. The quantitative estimate of drug-likeness (QED) is 0.189. The molecule has 216 valence electrons. The molecule has 1 aromatic heterocycles. The lowest BCUT2D eigenvalue weighted by atomic mass is 10.1. The Morgan fingerprint density at radius 1 is 0.976 bits per heavy atom. The Bertz CT molecular complexity index is 1630. The van der Waals surface area contributed by atoms with Crippen LogP contribution in [0.5, 0.6) is 0 Å². The molecule has 0 fully saturated rings. The second-order valence-corrected chi connectivity index (χ2v) is 9.72. The van der Waals surface area contributed by atoms with Gasteiger partial charge < -0.3 is 24.3 Å². The van der Waals surface area contributed by atoms with Crippen molar-refractivity contribution in [3.63, 3.8) is 0 Å². The van der Waals surface area contributed by atoms with Gasteiger partial charge in [0.05, 0.1) is 35.9 Å². The molecule has 9 heteroatoms. The summed E-state index contributed by atoms with van der Waals surface area (Å²) in [5.41, 5.74) is 3.19. The second-order valence-electron chi connectivity index (χ2n) is 9.72. The highest BCUT2D eigenvalue weighted by molar-refractivity contribution is 5.94. The van der Waals surface area contributed by atoms with Crippen molar-refractivity contribution in [2.75, 3.05) is 25.0 Å². The van der Waals surface area contributed by atoms with Crippen molar-refractivity contribution >= 4 is 34.6 Å². The molecule has 1 N–H and O–H groups in total. The molecule has 3 aromatic carbocycles. The lowest BCUT2D eigenvalue weighted by molar-refractivity contribution is -0.133. The number of anilines is 1. The van der Waals surface area contributed by atoms with Crippen LogP contribution < -0.4 is 10.7 Å². The summed E-state index contributed by atoms with van der Waals surface area (Å²) in [5, 5.41) is 3.20. The van der Waals surface area contributed by atoms with Crippen molar-refractivity contribution in [1.29, 1.82) is 0 Å². The first-order valence-electron chi connectivity index (χ1n) is 13.6. The molecule has 1 heterocycles. The monoisotopic (exact) mass is 567 g/mol. The predicted molar refractivity (Wildman–Crippen MR) is 161 cm³/mol. The first-order valence-corrected chi connectivity index (χ1v) is 13.6. The van der Waals surface area contributed by atoms with Gasteiger partial charge in [0.2, 0.25) is 5.91 Å². The van der Waals surface area contributed by atoms with Crippen molar-refractivity contribution in [2.45, 2.75) is 26.9 Å². The van der Waals surface area contributed by atoms with E-state index in [-0.39, 0.29) is 44.1 Å². The van der Waals surface area contributed by atoms with Gasteiger partial charge in [-0.15, -0.1) is 6.58 Å². The van der Waals surface area contributed by atoms with E-state index in [1.54, 1.807) is 43.3 Å². The summed E-state index contributed by atoms with van der Waals surface area (Å²) in [7, 11) is 0. The van der Waals surface area contributed by atoms with Crippen LogP contribution in [0.25, 0.3) is 11.0 Å². The maximum absolute atomic E-state index is 13.7. The number of esters is 1. The van der Waals surface area contributed by atoms with E-state index >= 15 is 0 Å². The fraction of sp³-hybridized carbons (Fsp3) is 0.212. The van der Waals surface area contributed by atoms with Crippen molar-refractivity contribution in [3.8, 4) is 0 Å². The average molecular weight is 568 g/mol. The lowest BCUT2D eigenvalue weighted by Crippen LogP contribution is -2.44. The number of benzene rings is 3. The van der Waals surface area contributed by atoms with Crippen LogP contribution in [0, 0.1) is 6.92 Å². The molecule has 0 saturated carbocycles. The predicted octanol–water partition coefficient (Wildman–Crippen LogP) is 5.53. The third-order valence-corrected chi connectivity index (χ3v) is 6.54. The lowest BCUT2D eigenvalue weighted by Gasteiger charge is -2.27. The molecule has 0 bridgehead atoms. The SMILES string of the molecule is C=CCN(CC(=O)N(Cc1ccccc1)Cc1coc2ccc(C)cc2c1=O)C(=O)Nc1ccc(C(=O)OCC)cc1. The fourth-order valence-corrected chi connectivity index (χ4v) is 4.38. The Balaban J connectivity index is 1.54. The number of carbonyl (C=O) groups is 3. The van der Waals surface area contributed by atoms with Crippen LogP contribution in [0.1, 0.15) is 34.0 Å². The number of amides is 3. The molecule has 0 unspecified atom stereocenters. The largest absolute Gasteiger partial charge is 0.464 e. The zero-order chi connectivity index (χ0) is 30.1. The van der Waals surface area contributed by atoms with Crippen molar-refractivity contribution in [1.82, 2.24) is 9.80 Å². The van der Waals surface area contributed by atoms with Crippen LogP contribution >= 0.6 is 0 Å². The molecule has 0 atom stereocenters. The molecule has 3 amide bonds. The highest BCUT2D eigenvalue weighted by Gasteiger charge is 2.23. The number of ether oxygens (including phenoxy) is 1. The average Bonchev–Trinajstić information content (AvgIpc) is 2.99. The minimum Gasteiger partial charge on any atom is -0.464 e. The van der Waals surface area contributed by atoms with Crippen LogP contribution in [0.4, 0.5) is 10.5 Å². The van der Waals surface area contributed by atoms with E-state index in [9.17, 15) is 19.2 Å². The van der Waals surface area contributed by atoms with Gasteiger partial charge in [-0.25, -0.2) is 9.59 Å². The summed E-state index contributed by atoms with van der Waals surface area (Å²) in [6, 6.07) is 20.5. The number of urea groups is 1. The number of aryl methyl sites for hydroxylation is 1. The third-order valence-electron chi connectivity index (χ3n) is 6.54. The number of hydrogen-bond acceptors (Lipinski definition) is 6. The van der Waals surface area contributed by atoms with E-state index in [4.69, 9.17) is 9.15 Å². The molecule has 42 heavy (non-hydrogen) atoms. The summed E-state index contributed by atoms with van der Waals surface area (Å²) in [4.78, 5) is 54.9. The van der Waals surface area contributed by atoms with Gasteiger partial charge in [0.15, 0.2) is 5.43 Å². The first kappa shape index (κ1) is 29.8. The van der Waals surface area contributed by atoms with E-state index in [2.05, 4.69) is 11.9 Å². The van der Waals surface area contributed by atoms with Crippen LogP contribution in [-0.4, -0.2) is 47.4 Å². The minimum absolute atomic E-state index is 0.00118. The summed E-state index contributed by atoms with van der Waals surface area (Å²) in [6.45, 7) is 7.67. The van der Waals surface area contributed by atoms with Gasteiger partial charge in [-0.3, -0.25) is 9.59 Å². The van der Waals surface area contributed by atoms with Gasteiger partial charge >= 0.3 is 12.0 Å². The van der Waals surface area contributed by atoms with Gasteiger partial charge in [0.1, 0.15) is 12.1 Å². The van der Waals surface area contributed by atoms with Crippen molar-refractivity contribution in [3.05, 3.63) is 124 Å². The van der Waals surface area contributed by atoms with Crippen molar-refractivity contribution in [2.24, 2.45) is 0 Å².